The number of rotatable bonds is 4. The van der Waals surface area contributed by atoms with Gasteiger partial charge in [0, 0.05) is 38.0 Å². The summed E-state index contributed by atoms with van der Waals surface area (Å²) in [6.45, 7) is 6.33. The van der Waals surface area contributed by atoms with Crippen LogP contribution in [0.5, 0.6) is 0 Å². The second kappa shape index (κ2) is 7.77. The van der Waals surface area contributed by atoms with Gasteiger partial charge in [-0.3, -0.25) is 24.0 Å². The molecule has 4 saturated carbocycles. The second-order valence-corrected chi connectivity index (χ2v) is 11.0. The molecular weight excluding hydrogens is 412 g/mol. The van der Waals surface area contributed by atoms with Gasteiger partial charge >= 0.3 is 11.9 Å². The van der Waals surface area contributed by atoms with E-state index >= 15 is 0 Å². The maximum Gasteiger partial charge on any atom is 0.303 e. The first-order valence-electron chi connectivity index (χ1n) is 11.9. The molecule has 4 fully saturated rings. The largest absolute Gasteiger partial charge is 0.458 e. The van der Waals surface area contributed by atoms with E-state index in [0.29, 0.717) is 31.5 Å². The van der Waals surface area contributed by atoms with Crippen LogP contribution in [-0.2, 0) is 33.4 Å². The highest BCUT2D eigenvalue weighted by atomic mass is 16.6. The summed E-state index contributed by atoms with van der Waals surface area (Å²) in [7, 11) is 0. The topological polar surface area (TPSA) is 104 Å². The Hall–Kier alpha value is -2.05. The minimum atomic E-state index is -1.36. The standard InChI is InChI=1S/C25H34O7/c1-14(26)31-13-21(30)25(32-15(2)27)10-9-23(3)16(12-25)11-19(28)22-17-5-6-20(29)24(17,4)8-7-18(22)23/h16-18,22H,5-13H2,1-4H3/t16-,17+,18-,22-,23-,24-,25-/m0/s1. The highest BCUT2D eigenvalue weighted by Crippen LogP contribution is 2.65. The molecule has 0 aromatic rings. The lowest BCUT2D eigenvalue weighted by molar-refractivity contribution is -0.190. The summed E-state index contributed by atoms with van der Waals surface area (Å²) in [5.74, 6) is -0.944. The van der Waals surface area contributed by atoms with Gasteiger partial charge < -0.3 is 9.47 Å². The molecule has 0 amide bonds. The Morgan fingerprint density at radius 3 is 2.34 bits per heavy atom. The van der Waals surface area contributed by atoms with Gasteiger partial charge in [-0.25, -0.2) is 0 Å². The number of fused-ring (bicyclic) bond motifs is 5. The fourth-order valence-corrected chi connectivity index (χ4v) is 7.66. The zero-order valence-electron chi connectivity index (χ0n) is 19.5. The van der Waals surface area contributed by atoms with Gasteiger partial charge in [-0.15, -0.1) is 0 Å². The minimum absolute atomic E-state index is 0.0907. The van der Waals surface area contributed by atoms with Crippen molar-refractivity contribution in [3.05, 3.63) is 0 Å². The molecule has 0 aromatic carbocycles. The molecule has 0 aromatic heterocycles. The molecular formula is C25H34O7. The second-order valence-electron chi connectivity index (χ2n) is 11.0. The zero-order valence-corrected chi connectivity index (χ0v) is 19.5. The van der Waals surface area contributed by atoms with Crippen molar-refractivity contribution < 1.29 is 33.4 Å². The van der Waals surface area contributed by atoms with Gasteiger partial charge in [0.25, 0.3) is 0 Å². The summed E-state index contributed by atoms with van der Waals surface area (Å²) in [6.07, 6.45) is 4.64. The Bertz CT molecular complexity index is 878. The first-order chi connectivity index (χ1) is 14.9. The highest BCUT2D eigenvalue weighted by Gasteiger charge is 2.65. The molecule has 0 bridgehead atoms. The number of hydrogen-bond donors (Lipinski definition) is 0. The maximum absolute atomic E-state index is 13.5. The zero-order chi connectivity index (χ0) is 23.5. The normalized spacial score (nSPS) is 43.0. The van der Waals surface area contributed by atoms with Gasteiger partial charge in [-0.1, -0.05) is 13.8 Å². The first-order valence-corrected chi connectivity index (χ1v) is 11.9. The predicted molar refractivity (Wildman–Crippen MR) is 113 cm³/mol. The average molecular weight is 447 g/mol. The van der Waals surface area contributed by atoms with Crippen molar-refractivity contribution in [2.45, 2.75) is 84.7 Å². The summed E-state index contributed by atoms with van der Waals surface area (Å²) >= 11 is 0. The molecule has 0 unspecified atom stereocenters. The Kier molecular flexibility index (Phi) is 5.61. The Morgan fingerprint density at radius 1 is 0.969 bits per heavy atom. The lowest BCUT2D eigenvalue weighted by Crippen LogP contribution is -2.61. The van der Waals surface area contributed by atoms with Crippen molar-refractivity contribution in [1.82, 2.24) is 0 Å². The van der Waals surface area contributed by atoms with Crippen LogP contribution in [0.25, 0.3) is 0 Å². The number of carbonyl (C=O) groups excluding carboxylic acids is 5. The summed E-state index contributed by atoms with van der Waals surface area (Å²) < 4.78 is 10.5. The third-order valence-corrected chi connectivity index (χ3v) is 9.48. The molecule has 0 heterocycles. The lowest BCUT2D eigenvalue weighted by Gasteiger charge is -2.60. The number of carbonyl (C=O) groups is 5. The average Bonchev–Trinajstić information content (AvgIpc) is 3.01. The van der Waals surface area contributed by atoms with E-state index in [1.807, 2.05) is 6.92 Å². The number of ether oxygens (including phenoxy) is 2. The SMILES string of the molecule is CC(=O)OCC(=O)[C@]1(OC(C)=O)CC[C@@]2(C)[C@@H](CC(=O)[C@H]3[C@H]4CCC(=O)[C@@]4(C)CC[C@@H]32)C1. The van der Waals surface area contributed by atoms with E-state index in [0.717, 1.165) is 19.3 Å². The van der Waals surface area contributed by atoms with Crippen molar-refractivity contribution in [3.8, 4) is 0 Å². The molecule has 0 saturated heterocycles. The number of Topliss-reactive ketones (excluding diaryl/α,β-unsaturated/α-hetero) is 3. The van der Waals surface area contributed by atoms with Crippen molar-refractivity contribution in [1.29, 1.82) is 0 Å². The van der Waals surface area contributed by atoms with E-state index in [1.165, 1.54) is 13.8 Å². The first kappa shape index (κ1) is 23.1. The van der Waals surface area contributed by atoms with Crippen molar-refractivity contribution >= 4 is 29.3 Å². The van der Waals surface area contributed by atoms with Crippen LogP contribution >= 0.6 is 0 Å². The van der Waals surface area contributed by atoms with Crippen molar-refractivity contribution in [2.75, 3.05) is 6.61 Å². The summed E-state index contributed by atoms with van der Waals surface area (Å²) in [4.78, 5) is 62.3. The smallest absolute Gasteiger partial charge is 0.303 e. The summed E-state index contributed by atoms with van der Waals surface area (Å²) in [6, 6.07) is 0. The van der Waals surface area contributed by atoms with Crippen LogP contribution in [-0.4, -0.2) is 41.5 Å². The fourth-order valence-electron chi connectivity index (χ4n) is 7.66. The molecule has 32 heavy (non-hydrogen) atoms. The molecule has 0 N–H and O–H groups in total. The van der Waals surface area contributed by atoms with Gasteiger partial charge in [0.1, 0.15) is 11.6 Å². The van der Waals surface area contributed by atoms with Crippen LogP contribution in [0.3, 0.4) is 0 Å². The summed E-state index contributed by atoms with van der Waals surface area (Å²) in [5.41, 5.74) is -1.89. The summed E-state index contributed by atoms with van der Waals surface area (Å²) in [5, 5.41) is 0. The number of esters is 2. The molecule has 0 spiro atoms. The van der Waals surface area contributed by atoms with Crippen molar-refractivity contribution in [3.63, 3.8) is 0 Å². The van der Waals surface area contributed by atoms with E-state index in [4.69, 9.17) is 9.47 Å². The maximum atomic E-state index is 13.5. The third-order valence-electron chi connectivity index (χ3n) is 9.48. The van der Waals surface area contributed by atoms with Crippen LogP contribution in [0.1, 0.15) is 79.1 Å². The minimum Gasteiger partial charge on any atom is -0.458 e. The quantitative estimate of drug-likeness (QED) is 0.611. The van der Waals surface area contributed by atoms with Crippen LogP contribution in [0, 0.1) is 34.5 Å². The van der Waals surface area contributed by atoms with Gasteiger partial charge in [0.2, 0.25) is 5.78 Å². The van der Waals surface area contributed by atoms with E-state index in [-0.39, 0.29) is 46.7 Å². The van der Waals surface area contributed by atoms with Gasteiger partial charge in [-0.05, 0) is 61.7 Å². The predicted octanol–water partition coefficient (Wildman–Crippen LogP) is 3.21. The van der Waals surface area contributed by atoms with Gasteiger partial charge in [0.15, 0.2) is 12.2 Å². The molecule has 0 aliphatic heterocycles. The van der Waals surface area contributed by atoms with Crippen LogP contribution < -0.4 is 0 Å². The fraction of sp³-hybridized carbons (Fsp3) is 0.800. The molecule has 4 rings (SSSR count). The van der Waals surface area contributed by atoms with Gasteiger partial charge in [-0.2, -0.15) is 0 Å². The van der Waals surface area contributed by atoms with E-state index in [2.05, 4.69) is 6.92 Å². The molecule has 7 atom stereocenters. The number of hydrogen-bond acceptors (Lipinski definition) is 7. The Morgan fingerprint density at radius 2 is 1.69 bits per heavy atom. The molecule has 7 heteroatoms. The van der Waals surface area contributed by atoms with Crippen LogP contribution in [0.4, 0.5) is 0 Å². The van der Waals surface area contributed by atoms with Gasteiger partial charge in [0.05, 0.1) is 0 Å². The van der Waals surface area contributed by atoms with E-state index in [9.17, 15) is 24.0 Å². The van der Waals surface area contributed by atoms with E-state index in [1.54, 1.807) is 0 Å². The van der Waals surface area contributed by atoms with Crippen LogP contribution in [0.2, 0.25) is 0 Å². The number of ketones is 3. The molecule has 176 valence electrons. The molecule has 4 aliphatic rings. The monoisotopic (exact) mass is 446 g/mol. The Labute approximate surface area is 189 Å². The van der Waals surface area contributed by atoms with Crippen LogP contribution in [0.15, 0.2) is 0 Å². The molecule has 7 nitrogen and oxygen atoms in total. The third kappa shape index (κ3) is 3.43. The lowest BCUT2D eigenvalue weighted by atomic mass is 9.44. The molecule has 4 aliphatic carbocycles. The molecule has 0 radical (unpaired) electrons. The van der Waals surface area contributed by atoms with Crippen molar-refractivity contribution in [2.24, 2.45) is 34.5 Å². The Balaban J connectivity index is 1.62. The highest BCUT2D eigenvalue weighted by molar-refractivity contribution is 5.93. The van der Waals surface area contributed by atoms with E-state index < -0.39 is 29.9 Å².